The summed E-state index contributed by atoms with van der Waals surface area (Å²) in [7, 11) is 0. The summed E-state index contributed by atoms with van der Waals surface area (Å²) in [6.45, 7) is 0. The van der Waals surface area contributed by atoms with Gasteiger partial charge in [-0.3, -0.25) is 4.79 Å². The molecule has 1 N–H and O–H groups in total. The minimum absolute atomic E-state index is 0.167. The second-order valence-electron chi connectivity index (χ2n) is 2.63. The van der Waals surface area contributed by atoms with Crippen molar-refractivity contribution in [3.05, 3.63) is 32.7 Å². The van der Waals surface area contributed by atoms with Crippen molar-refractivity contribution in [1.29, 1.82) is 0 Å². The third-order valence-corrected chi connectivity index (χ3v) is 2.85. The van der Waals surface area contributed by atoms with Gasteiger partial charge >= 0.3 is 5.97 Å². The van der Waals surface area contributed by atoms with E-state index in [2.05, 4.69) is 31.9 Å². The minimum atomic E-state index is -0.769. The van der Waals surface area contributed by atoms with Crippen molar-refractivity contribution >= 4 is 37.8 Å². The molecule has 0 bridgehead atoms. The lowest BCUT2D eigenvalue weighted by atomic mass is 10.1. The molecule has 0 amide bonds. The molecule has 0 heterocycles. The summed E-state index contributed by atoms with van der Waals surface area (Å²) < 4.78 is 1.93. The smallest absolute Gasteiger partial charge is 0.303 e. The molecule has 0 aliphatic heterocycles. The summed E-state index contributed by atoms with van der Waals surface area (Å²) in [6, 6.07) is 5.73. The number of aliphatic carboxylic acids is 1. The van der Waals surface area contributed by atoms with E-state index in [0.29, 0.717) is 6.42 Å². The van der Waals surface area contributed by atoms with Crippen LogP contribution in [0.5, 0.6) is 0 Å². The van der Waals surface area contributed by atoms with Crippen molar-refractivity contribution in [2.45, 2.75) is 12.8 Å². The molecule has 70 valence electrons. The second-order valence-corrected chi connectivity index (χ2v) is 4.40. The maximum absolute atomic E-state index is 10.3. The van der Waals surface area contributed by atoms with Gasteiger partial charge in [0.2, 0.25) is 0 Å². The van der Waals surface area contributed by atoms with Crippen molar-refractivity contribution in [3.63, 3.8) is 0 Å². The number of carbonyl (C=O) groups is 1. The van der Waals surface area contributed by atoms with Gasteiger partial charge in [0, 0.05) is 15.4 Å². The molecule has 0 saturated heterocycles. The van der Waals surface area contributed by atoms with Gasteiger partial charge < -0.3 is 5.11 Å². The molecular weight excluding hydrogens is 300 g/mol. The molecule has 0 unspecified atom stereocenters. The summed E-state index contributed by atoms with van der Waals surface area (Å²) in [5.41, 5.74) is 1.02. The first-order valence-corrected chi connectivity index (χ1v) is 5.34. The molecule has 0 atom stereocenters. The zero-order valence-electron chi connectivity index (χ0n) is 6.76. The first kappa shape index (κ1) is 10.7. The van der Waals surface area contributed by atoms with E-state index in [1.165, 1.54) is 0 Å². The molecule has 2 nitrogen and oxygen atoms in total. The average Bonchev–Trinajstić information content (AvgIpc) is 2.02. The number of hydrogen-bond donors (Lipinski definition) is 1. The molecule has 0 fully saturated rings. The van der Waals surface area contributed by atoms with Gasteiger partial charge in [-0.25, -0.2) is 0 Å². The number of carboxylic acid groups (broad SMARTS) is 1. The van der Waals surface area contributed by atoms with Gasteiger partial charge in [0.05, 0.1) is 0 Å². The average molecular weight is 308 g/mol. The lowest BCUT2D eigenvalue weighted by molar-refractivity contribution is -0.136. The fourth-order valence-electron chi connectivity index (χ4n) is 0.966. The van der Waals surface area contributed by atoms with Gasteiger partial charge in [-0.1, -0.05) is 37.9 Å². The van der Waals surface area contributed by atoms with Crippen LogP contribution >= 0.6 is 31.9 Å². The Morgan fingerprint density at radius 3 is 2.62 bits per heavy atom. The quantitative estimate of drug-likeness (QED) is 0.931. The van der Waals surface area contributed by atoms with Crippen molar-refractivity contribution in [2.75, 3.05) is 0 Å². The Morgan fingerprint density at radius 1 is 1.38 bits per heavy atom. The highest BCUT2D eigenvalue weighted by molar-refractivity contribution is 9.11. The van der Waals surface area contributed by atoms with Crippen LogP contribution in [0, 0.1) is 0 Å². The predicted octanol–water partition coefficient (Wildman–Crippen LogP) is 3.23. The molecule has 0 spiro atoms. The number of benzene rings is 1. The van der Waals surface area contributed by atoms with E-state index in [1.807, 2.05) is 18.2 Å². The largest absolute Gasteiger partial charge is 0.481 e. The first-order valence-electron chi connectivity index (χ1n) is 3.75. The Hall–Kier alpha value is -0.350. The van der Waals surface area contributed by atoms with Gasteiger partial charge in [0.1, 0.15) is 0 Å². The van der Waals surface area contributed by atoms with Crippen LogP contribution < -0.4 is 0 Å². The van der Waals surface area contributed by atoms with Gasteiger partial charge in [0.15, 0.2) is 0 Å². The van der Waals surface area contributed by atoms with E-state index in [9.17, 15) is 4.79 Å². The number of halogens is 2. The summed E-state index contributed by atoms with van der Waals surface area (Å²) in [5.74, 6) is -0.769. The molecule has 0 aromatic heterocycles. The Bertz CT molecular complexity index is 323. The van der Waals surface area contributed by atoms with Gasteiger partial charge in [-0.2, -0.15) is 0 Å². The molecule has 1 rings (SSSR count). The number of rotatable bonds is 3. The molecule has 1 aromatic rings. The molecule has 0 aliphatic carbocycles. The van der Waals surface area contributed by atoms with E-state index in [-0.39, 0.29) is 6.42 Å². The van der Waals surface area contributed by atoms with Crippen LogP contribution in [0.25, 0.3) is 0 Å². The lowest BCUT2D eigenvalue weighted by Gasteiger charge is -2.02. The fraction of sp³-hybridized carbons (Fsp3) is 0.222. The summed E-state index contributed by atoms with van der Waals surface area (Å²) >= 11 is 6.70. The highest BCUT2D eigenvalue weighted by Crippen LogP contribution is 2.22. The van der Waals surface area contributed by atoms with E-state index in [1.54, 1.807) is 0 Å². The van der Waals surface area contributed by atoms with Gasteiger partial charge in [0.25, 0.3) is 0 Å². The van der Waals surface area contributed by atoms with Crippen molar-refractivity contribution < 1.29 is 9.90 Å². The van der Waals surface area contributed by atoms with Crippen LogP contribution in [0.15, 0.2) is 27.1 Å². The van der Waals surface area contributed by atoms with Crippen molar-refractivity contribution in [1.82, 2.24) is 0 Å². The molecule has 13 heavy (non-hydrogen) atoms. The fourth-order valence-corrected chi connectivity index (χ4v) is 2.21. The van der Waals surface area contributed by atoms with Crippen molar-refractivity contribution in [2.24, 2.45) is 0 Å². The highest BCUT2D eigenvalue weighted by atomic mass is 79.9. The molecule has 0 radical (unpaired) electrons. The van der Waals surface area contributed by atoms with E-state index < -0.39 is 5.97 Å². The second kappa shape index (κ2) is 4.77. The summed E-state index contributed by atoms with van der Waals surface area (Å²) in [5, 5.41) is 8.50. The molecule has 1 aromatic carbocycles. The van der Waals surface area contributed by atoms with Crippen LogP contribution in [0.4, 0.5) is 0 Å². The molecule has 0 aliphatic rings. The highest BCUT2D eigenvalue weighted by Gasteiger charge is 2.03. The minimum Gasteiger partial charge on any atom is -0.481 e. The van der Waals surface area contributed by atoms with E-state index in [0.717, 1.165) is 14.5 Å². The predicted molar refractivity (Wildman–Crippen MR) is 57.8 cm³/mol. The third kappa shape index (κ3) is 3.48. The Balaban J connectivity index is 2.72. The summed E-state index contributed by atoms with van der Waals surface area (Å²) in [6.07, 6.45) is 0.726. The number of carboxylic acids is 1. The SMILES string of the molecule is O=C(O)CCc1ccc(Br)cc1Br. The van der Waals surface area contributed by atoms with E-state index >= 15 is 0 Å². The number of aryl methyl sites for hydroxylation is 1. The van der Waals surface area contributed by atoms with Crippen LogP contribution in [0.1, 0.15) is 12.0 Å². The summed E-state index contributed by atoms with van der Waals surface area (Å²) in [4.78, 5) is 10.3. The first-order chi connectivity index (χ1) is 6.09. The monoisotopic (exact) mass is 306 g/mol. The van der Waals surface area contributed by atoms with Crippen LogP contribution in [-0.4, -0.2) is 11.1 Å². The van der Waals surface area contributed by atoms with Crippen LogP contribution in [0.3, 0.4) is 0 Å². The normalized spacial score (nSPS) is 10.0. The molecule has 4 heteroatoms. The molecule has 0 saturated carbocycles. The Labute approximate surface area is 93.2 Å². The van der Waals surface area contributed by atoms with Gasteiger partial charge in [-0.05, 0) is 24.1 Å². The zero-order valence-corrected chi connectivity index (χ0v) is 9.93. The maximum Gasteiger partial charge on any atom is 0.303 e. The zero-order chi connectivity index (χ0) is 9.84. The van der Waals surface area contributed by atoms with Gasteiger partial charge in [-0.15, -0.1) is 0 Å². The van der Waals surface area contributed by atoms with E-state index in [4.69, 9.17) is 5.11 Å². The van der Waals surface area contributed by atoms with Crippen molar-refractivity contribution in [3.8, 4) is 0 Å². The lowest BCUT2D eigenvalue weighted by Crippen LogP contribution is -1.97. The molecular formula is C9H8Br2O2. The Morgan fingerprint density at radius 2 is 2.08 bits per heavy atom. The topological polar surface area (TPSA) is 37.3 Å². The number of hydrogen-bond acceptors (Lipinski definition) is 1. The van der Waals surface area contributed by atoms with Crippen LogP contribution in [-0.2, 0) is 11.2 Å². The Kier molecular flexibility index (Phi) is 3.93. The third-order valence-electron chi connectivity index (χ3n) is 1.62. The van der Waals surface area contributed by atoms with Crippen LogP contribution in [0.2, 0.25) is 0 Å². The standard InChI is InChI=1S/C9H8Br2O2/c10-7-3-1-6(8(11)5-7)2-4-9(12)13/h1,3,5H,2,4H2,(H,12,13). The maximum atomic E-state index is 10.3.